The van der Waals surface area contributed by atoms with E-state index in [-0.39, 0.29) is 41.4 Å². The molecule has 0 aromatic heterocycles. The highest BCUT2D eigenvalue weighted by atomic mass is 16.2. The summed E-state index contributed by atoms with van der Waals surface area (Å²) in [4.78, 5) is 43.7. The molecule has 0 N–H and O–H groups in total. The zero-order valence-corrected chi connectivity index (χ0v) is 16.7. The normalized spacial score (nSPS) is 31.9. The fraction of sp³-hybridized carbons (Fsp3) is 0.542. The van der Waals surface area contributed by atoms with Crippen LogP contribution in [0.2, 0.25) is 0 Å². The largest absolute Gasteiger partial charge is 0.341 e. The van der Waals surface area contributed by atoms with E-state index in [4.69, 9.17) is 0 Å². The maximum absolute atomic E-state index is 13.5. The minimum Gasteiger partial charge on any atom is -0.341 e. The molecule has 5 atom stereocenters. The van der Waals surface area contributed by atoms with Gasteiger partial charge in [-0.05, 0) is 49.5 Å². The zero-order valence-electron chi connectivity index (χ0n) is 16.7. The number of likely N-dealkylation sites (tertiary alicyclic amines) is 2. The molecule has 5 nitrogen and oxygen atoms in total. The highest BCUT2D eigenvalue weighted by molar-refractivity contribution is 6.09. The molecule has 3 aliphatic carbocycles. The van der Waals surface area contributed by atoms with E-state index in [0.29, 0.717) is 6.42 Å². The van der Waals surface area contributed by atoms with Crippen LogP contribution in [-0.2, 0) is 20.8 Å². The Kier molecular flexibility index (Phi) is 4.76. The second kappa shape index (κ2) is 7.43. The fourth-order valence-electron chi connectivity index (χ4n) is 5.86. The molecule has 1 saturated carbocycles. The van der Waals surface area contributed by atoms with Crippen molar-refractivity contribution in [3.8, 4) is 0 Å². The van der Waals surface area contributed by atoms with Gasteiger partial charge in [0.25, 0.3) is 0 Å². The van der Waals surface area contributed by atoms with Crippen LogP contribution in [0.5, 0.6) is 0 Å². The van der Waals surface area contributed by atoms with Crippen molar-refractivity contribution >= 4 is 17.7 Å². The number of rotatable bonds is 4. The van der Waals surface area contributed by atoms with E-state index in [9.17, 15) is 14.4 Å². The Morgan fingerprint density at radius 2 is 1.48 bits per heavy atom. The number of fused-ring (bicyclic) bond motifs is 1. The summed E-state index contributed by atoms with van der Waals surface area (Å²) in [6.07, 6.45) is 9.71. The van der Waals surface area contributed by atoms with Gasteiger partial charge in [-0.1, -0.05) is 42.5 Å². The first-order chi connectivity index (χ1) is 14.1. The average molecular weight is 392 g/mol. The van der Waals surface area contributed by atoms with E-state index in [1.54, 1.807) is 0 Å². The van der Waals surface area contributed by atoms with Crippen molar-refractivity contribution in [1.29, 1.82) is 0 Å². The molecule has 0 spiro atoms. The number of amides is 3. The molecule has 6 rings (SSSR count). The van der Waals surface area contributed by atoms with Gasteiger partial charge in [-0.2, -0.15) is 0 Å². The van der Waals surface area contributed by atoms with Gasteiger partial charge in [0.15, 0.2) is 0 Å². The van der Waals surface area contributed by atoms with Gasteiger partial charge in [0.1, 0.15) is 6.04 Å². The smallest absolute Gasteiger partial charge is 0.246 e. The SMILES string of the molecule is O=C([C@H](Cc1ccccc1)N1C(=O)[C@@H]2[C@H](C1=O)[C@H]1C=C[C@H]2CC1)N1CCCCC1. The van der Waals surface area contributed by atoms with E-state index in [1.165, 1.54) is 4.90 Å². The lowest BCUT2D eigenvalue weighted by molar-refractivity contribution is -0.152. The van der Waals surface area contributed by atoms with Crippen LogP contribution in [0.4, 0.5) is 0 Å². The molecule has 3 amide bonds. The third-order valence-corrected chi connectivity index (χ3v) is 7.33. The topological polar surface area (TPSA) is 57.7 Å². The van der Waals surface area contributed by atoms with Crippen molar-refractivity contribution in [1.82, 2.24) is 9.80 Å². The summed E-state index contributed by atoms with van der Waals surface area (Å²) < 4.78 is 0. The van der Waals surface area contributed by atoms with Crippen molar-refractivity contribution in [2.24, 2.45) is 23.7 Å². The Balaban J connectivity index is 1.48. The molecule has 2 bridgehead atoms. The predicted octanol–water partition coefficient (Wildman–Crippen LogP) is 2.81. The lowest BCUT2D eigenvalue weighted by Crippen LogP contribution is -2.53. The maximum Gasteiger partial charge on any atom is 0.246 e. The molecule has 5 heteroatoms. The first-order valence-corrected chi connectivity index (χ1v) is 11.0. The maximum atomic E-state index is 13.5. The van der Waals surface area contributed by atoms with Gasteiger partial charge in [-0.25, -0.2) is 0 Å². The number of piperidine rings is 1. The lowest BCUT2D eigenvalue weighted by atomic mass is 9.63. The summed E-state index contributed by atoms with van der Waals surface area (Å²) in [5.74, 6) is -0.537. The Bertz CT molecular complexity index is 811. The third-order valence-electron chi connectivity index (χ3n) is 7.33. The van der Waals surface area contributed by atoms with E-state index in [2.05, 4.69) is 12.2 Å². The van der Waals surface area contributed by atoms with Gasteiger partial charge >= 0.3 is 0 Å². The average Bonchev–Trinajstić information content (AvgIpc) is 3.06. The highest BCUT2D eigenvalue weighted by Gasteiger charge is 2.58. The molecule has 0 unspecified atom stereocenters. The Morgan fingerprint density at radius 3 is 2.03 bits per heavy atom. The van der Waals surface area contributed by atoms with Crippen LogP contribution in [0.3, 0.4) is 0 Å². The van der Waals surface area contributed by atoms with E-state index in [1.807, 2.05) is 35.2 Å². The van der Waals surface area contributed by atoms with Crippen molar-refractivity contribution in [3.05, 3.63) is 48.0 Å². The first kappa shape index (κ1) is 18.6. The molecule has 3 fully saturated rings. The highest BCUT2D eigenvalue weighted by Crippen LogP contribution is 2.50. The summed E-state index contributed by atoms with van der Waals surface area (Å²) in [5.41, 5.74) is 0.986. The van der Waals surface area contributed by atoms with E-state index < -0.39 is 6.04 Å². The van der Waals surface area contributed by atoms with Gasteiger partial charge in [-0.15, -0.1) is 0 Å². The Morgan fingerprint density at radius 1 is 0.897 bits per heavy atom. The summed E-state index contributed by atoms with van der Waals surface area (Å²) in [7, 11) is 0. The molecule has 29 heavy (non-hydrogen) atoms. The molecule has 2 heterocycles. The summed E-state index contributed by atoms with van der Waals surface area (Å²) >= 11 is 0. The van der Waals surface area contributed by atoms with Crippen LogP contribution in [0.25, 0.3) is 0 Å². The molecule has 5 aliphatic rings. The van der Waals surface area contributed by atoms with Crippen molar-refractivity contribution in [2.45, 2.75) is 44.6 Å². The molecule has 2 aliphatic heterocycles. The number of allylic oxidation sites excluding steroid dienone is 2. The number of benzene rings is 1. The molecule has 1 aromatic rings. The number of carbonyl (C=O) groups is 3. The van der Waals surface area contributed by atoms with Crippen LogP contribution in [-0.4, -0.2) is 46.7 Å². The van der Waals surface area contributed by atoms with Crippen molar-refractivity contribution in [3.63, 3.8) is 0 Å². The monoisotopic (exact) mass is 392 g/mol. The summed E-state index contributed by atoms with van der Waals surface area (Å²) in [5, 5.41) is 0. The zero-order chi connectivity index (χ0) is 20.0. The summed E-state index contributed by atoms with van der Waals surface area (Å²) in [6.45, 7) is 1.44. The van der Waals surface area contributed by atoms with Gasteiger partial charge in [0, 0.05) is 19.5 Å². The molecule has 1 aromatic carbocycles. The summed E-state index contributed by atoms with van der Waals surface area (Å²) in [6, 6.07) is 9.04. The van der Waals surface area contributed by atoms with Gasteiger partial charge in [0.05, 0.1) is 11.8 Å². The van der Waals surface area contributed by atoms with Crippen LogP contribution in [0.1, 0.15) is 37.7 Å². The number of nitrogens with zero attached hydrogens (tertiary/aromatic N) is 2. The second-order valence-electron chi connectivity index (χ2n) is 8.98. The fourth-order valence-corrected chi connectivity index (χ4v) is 5.86. The van der Waals surface area contributed by atoms with Gasteiger partial charge in [0.2, 0.25) is 17.7 Å². The van der Waals surface area contributed by atoms with Crippen LogP contribution >= 0.6 is 0 Å². The van der Waals surface area contributed by atoms with E-state index >= 15 is 0 Å². The molecule has 2 saturated heterocycles. The number of imide groups is 1. The number of carbonyl (C=O) groups excluding carboxylic acids is 3. The third kappa shape index (κ3) is 3.11. The van der Waals surface area contributed by atoms with Crippen LogP contribution in [0.15, 0.2) is 42.5 Å². The standard InChI is InChI=1S/C24H28N2O3/c27-22(25-13-5-2-6-14-25)19(15-16-7-3-1-4-8-16)26-23(28)20-17-9-10-18(12-11-17)21(20)24(26)29/h1,3-4,7-10,17-21H,2,5-6,11-15H2/t17-,18-,19-,20-,21+/m0/s1. The van der Waals surface area contributed by atoms with Gasteiger partial charge in [-0.3, -0.25) is 19.3 Å². The van der Waals surface area contributed by atoms with Crippen LogP contribution < -0.4 is 0 Å². The molecular formula is C24H28N2O3. The molecular weight excluding hydrogens is 364 g/mol. The van der Waals surface area contributed by atoms with E-state index in [0.717, 1.165) is 50.8 Å². The number of hydrogen-bond donors (Lipinski definition) is 0. The van der Waals surface area contributed by atoms with Gasteiger partial charge < -0.3 is 4.90 Å². The quantitative estimate of drug-likeness (QED) is 0.585. The Labute approximate surface area is 171 Å². The van der Waals surface area contributed by atoms with Crippen molar-refractivity contribution in [2.75, 3.05) is 13.1 Å². The predicted molar refractivity (Wildman–Crippen MR) is 109 cm³/mol. The van der Waals surface area contributed by atoms with Crippen LogP contribution in [0, 0.1) is 23.7 Å². The minimum absolute atomic E-state index is 0.0609. The molecule has 152 valence electrons. The second-order valence-corrected chi connectivity index (χ2v) is 8.98. The lowest BCUT2D eigenvalue weighted by Gasteiger charge is -2.38. The first-order valence-electron chi connectivity index (χ1n) is 11.0. The molecule has 0 radical (unpaired) electrons. The minimum atomic E-state index is -0.722. The van der Waals surface area contributed by atoms with Crippen molar-refractivity contribution < 1.29 is 14.4 Å². The Hall–Kier alpha value is -2.43. The number of hydrogen-bond acceptors (Lipinski definition) is 3.